The molecular formula is C19H17Cl2NO8S. The van der Waals surface area contributed by atoms with Crippen LogP contribution in [-0.4, -0.2) is 51.2 Å². The Labute approximate surface area is 191 Å². The molecule has 0 fully saturated rings. The standard InChI is InChI=1S/C19H17Cl2NO8S/c1-9-15(18(25)27-2)17(31-16(9)19(26)28-3)22-13(23)7-30-14(24)8-29-12-5-4-10(20)6-11(12)21/h4-6H,7-8H2,1-3H3,(H,22,23). The Bertz CT molecular complexity index is 1020. The summed E-state index contributed by atoms with van der Waals surface area (Å²) in [6.07, 6.45) is 0. The number of methoxy groups -OCH3 is 2. The maximum Gasteiger partial charge on any atom is 0.348 e. The number of thiophene rings is 1. The monoisotopic (exact) mass is 489 g/mol. The van der Waals surface area contributed by atoms with E-state index in [1.165, 1.54) is 32.2 Å². The summed E-state index contributed by atoms with van der Waals surface area (Å²) in [5.41, 5.74) is 0.303. The van der Waals surface area contributed by atoms with Gasteiger partial charge in [-0.05, 0) is 30.7 Å². The van der Waals surface area contributed by atoms with E-state index < -0.39 is 37.0 Å². The fourth-order valence-corrected chi connectivity index (χ4v) is 3.91. The number of amides is 1. The van der Waals surface area contributed by atoms with Crippen molar-refractivity contribution in [2.45, 2.75) is 6.92 Å². The van der Waals surface area contributed by atoms with Gasteiger partial charge in [0, 0.05) is 5.02 Å². The van der Waals surface area contributed by atoms with Gasteiger partial charge in [0.1, 0.15) is 15.6 Å². The second-order valence-corrected chi connectivity index (χ2v) is 7.68. The summed E-state index contributed by atoms with van der Waals surface area (Å²) in [4.78, 5) is 48.1. The first kappa shape index (κ1) is 24.4. The zero-order chi connectivity index (χ0) is 23.1. The maximum atomic E-state index is 12.2. The normalized spacial score (nSPS) is 10.2. The van der Waals surface area contributed by atoms with Crippen molar-refractivity contribution in [1.82, 2.24) is 0 Å². The van der Waals surface area contributed by atoms with Gasteiger partial charge in [0.15, 0.2) is 13.2 Å². The molecule has 2 rings (SSSR count). The van der Waals surface area contributed by atoms with E-state index in [9.17, 15) is 19.2 Å². The zero-order valence-corrected chi connectivity index (χ0v) is 18.9. The molecule has 0 aliphatic carbocycles. The average molecular weight is 490 g/mol. The van der Waals surface area contributed by atoms with Gasteiger partial charge in [-0.1, -0.05) is 23.2 Å². The van der Waals surface area contributed by atoms with Crippen LogP contribution in [0.3, 0.4) is 0 Å². The highest BCUT2D eigenvalue weighted by Gasteiger charge is 2.27. The van der Waals surface area contributed by atoms with Crippen LogP contribution in [0.2, 0.25) is 10.0 Å². The van der Waals surface area contributed by atoms with Crippen LogP contribution < -0.4 is 10.1 Å². The highest BCUT2D eigenvalue weighted by molar-refractivity contribution is 7.18. The Balaban J connectivity index is 1.98. The Kier molecular flexibility index (Phi) is 8.66. The quantitative estimate of drug-likeness (QED) is 0.442. The molecule has 12 heteroatoms. The van der Waals surface area contributed by atoms with Crippen LogP contribution >= 0.6 is 34.5 Å². The van der Waals surface area contributed by atoms with E-state index in [1.807, 2.05) is 0 Å². The lowest BCUT2D eigenvalue weighted by molar-refractivity contribution is -0.149. The predicted octanol–water partition coefficient (Wildman–Crippen LogP) is 3.50. The van der Waals surface area contributed by atoms with Gasteiger partial charge in [-0.3, -0.25) is 4.79 Å². The smallest absolute Gasteiger partial charge is 0.348 e. The number of benzene rings is 1. The molecule has 1 aromatic carbocycles. The largest absolute Gasteiger partial charge is 0.480 e. The lowest BCUT2D eigenvalue weighted by atomic mass is 10.1. The summed E-state index contributed by atoms with van der Waals surface area (Å²) in [5.74, 6) is -2.76. The minimum atomic E-state index is -0.827. The molecule has 0 aliphatic rings. The number of rotatable bonds is 8. The van der Waals surface area contributed by atoms with E-state index in [2.05, 4.69) is 10.1 Å². The summed E-state index contributed by atoms with van der Waals surface area (Å²) in [6, 6.07) is 4.46. The summed E-state index contributed by atoms with van der Waals surface area (Å²) in [5, 5.41) is 3.11. The molecule has 0 saturated carbocycles. The number of halogens is 2. The van der Waals surface area contributed by atoms with E-state index in [0.717, 1.165) is 18.4 Å². The van der Waals surface area contributed by atoms with E-state index in [0.29, 0.717) is 10.6 Å². The van der Waals surface area contributed by atoms with Crippen LogP contribution in [0.5, 0.6) is 5.75 Å². The lowest BCUT2D eigenvalue weighted by Gasteiger charge is -2.09. The minimum absolute atomic E-state index is 0.00768. The molecule has 1 heterocycles. The molecule has 1 amide bonds. The molecule has 2 aromatic rings. The molecule has 0 atom stereocenters. The summed E-state index contributed by atoms with van der Waals surface area (Å²) < 4.78 is 19.4. The van der Waals surface area contributed by atoms with Crippen LogP contribution in [0.15, 0.2) is 18.2 Å². The van der Waals surface area contributed by atoms with Crippen LogP contribution in [0.1, 0.15) is 25.6 Å². The zero-order valence-electron chi connectivity index (χ0n) is 16.6. The topological polar surface area (TPSA) is 117 Å². The van der Waals surface area contributed by atoms with E-state index in [-0.39, 0.29) is 26.2 Å². The molecule has 0 saturated heterocycles. The van der Waals surface area contributed by atoms with Crippen LogP contribution in [-0.2, 0) is 23.8 Å². The maximum absolute atomic E-state index is 12.2. The third kappa shape index (κ3) is 6.33. The second kappa shape index (κ2) is 11.0. The average Bonchev–Trinajstić information content (AvgIpc) is 3.06. The number of ether oxygens (including phenoxy) is 4. The Morgan fingerprint density at radius 3 is 2.32 bits per heavy atom. The van der Waals surface area contributed by atoms with Gasteiger partial charge < -0.3 is 24.3 Å². The van der Waals surface area contributed by atoms with Crippen molar-refractivity contribution in [1.29, 1.82) is 0 Å². The fourth-order valence-electron chi connectivity index (χ4n) is 2.32. The number of esters is 3. The van der Waals surface area contributed by atoms with Gasteiger partial charge in [0.05, 0.1) is 24.8 Å². The molecule has 9 nitrogen and oxygen atoms in total. The molecule has 0 radical (unpaired) electrons. The molecule has 1 aromatic heterocycles. The lowest BCUT2D eigenvalue weighted by Crippen LogP contribution is -2.24. The van der Waals surface area contributed by atoms with Crippen molar-refractivity contribution < 1.29 is 38.1 Å². The molecule has 0 bridgehead atoms. The Morgan fingerprint density at radius 2 is 1.71 bits per heavy atom. The van der Waals surface area contributed by atoms with E-state index in [1.54, 1.807) is 0 Å². The number of carbonyl (C=O) groups is 4. The highest BCUT2D eigenvalue weighted by Crippen LogP contribution is 2.34. The molecule has 31 heavy (non-hydrogen) atoms. The number of hydrogen-bond donors (Lipinski definition) is 1. The van der Waals surface area contributed by atoms with Gasteiger partial charge in [-0.25, -0.2) is 14.4 Å². The van der Waals surface area contributed by atoms with E-state index in [4.69, 9.17) is 37.4 Å². The second-order valence-electron chi connectivity index (χ2n) is 5.82. The Hall–Kier alpha value is -2.82. The highest BCUT2D eigenvalue weighted by atomic mass is 35.5. The van der Waals surface area contributed by atoms with Crippen LogP contribution in [0.25, 0.3) is 0 Å². The third-order valence-electron chi connectivity index (χ3n) is 3.76. The molecule has 166 valence electrons. The van der Waals surface area contributed by atoms with Gasteiger partial charge in [-0.2, -0.15) is 0 Å². The van der Waals surface area contributed by atoms with Crippen LogP contribution in [0, 0.1) is 6.92 Å². The molecule has 0 unspecified atom stereocenters. The molecule has 0 aliphatic heterocycles. The minimum Gasteiger partial charge on any atom is -0.480 e. The number of anilines is 1. The van der Waals surface area contributed by atoms with Gasteiger partial charge in [0.2, 0.25) is 0 Å². The fraction of sp³-hybridized carbons (Fsp3) is 0.263. The molecular weight excluding hydrogens is 473 g/mol. The van der Waals surface area contributed by atoms with Gasteiger partial charge in [-0.15, -0.1) is 11.3 Å². The van der Waals surface area contributed by atoms with E-state index >= 15 is 0 Å². The number of nitrogens with one attached hydrogen (secondary N) is 1. The first-order chi connectivity index (χ1) is 14.7. The Morgan fingerprint density at radius 1 is 1.03 bits per heavy atom. The first-order valence-corrected chi connectivity index (χ1v) is 10.1. The van der Waals surface area contributed by atoms with Gasteiger partial charge in [0.25, 0.3) is 5.91 Å². The molecule has 0 spiro atoms. The molecule has 1 N–H and O–H groups in total. The van der Waals surface area contributed by atoms with Crippen LogP contribution in [0.4, 0.5) is 5.00 Å². The van der Waals surface area contributed by atoms with Gasteiger partial charge >= 0.3 is 17.9 Å². The summed E-state index contributed by atoms with van der Waals surface area (Å²) >= 11 is 12.6. The first-order valence-electron chi connectivity index (χ1n) is 8.51. The van der Waals surface area contributed by atoms with Crippen molar-refractivity contribution in [2.24, 2.45) is 0 Å². The number of hydrogen-bond acceptors (Lipinski definition) is 9. The van der Waals surface area contributed by atoms with Crippen molar-refractivity contribution >= 4 is 63.4 Å². The summed E-state index contributed by atoms with van der Waals surface area (Å²) in [6.45, 7) is 0.373. The van der Waals surface area contributed by atoms with Crippen molar-refractivity contribution in [3.8, 4) is 5.75 Å². The third-order valence-corrected chi connectivity index (χ3v) is 5.48. The van der Waals surface area contributed by atoms with Crippen molar-refractivity contribution in [2.75, 3.05) is 32.8 Å². The summed E-state index contributed by atoms with van der Waals surface area (Å²) in [7, 11) is 2.36. The van der Waals surface area contributed by atoms with Crippen molar-refractivity contribution in [3.63, 3.8) is 0 Å². The number of carbonyl (C=O) groups excluding carboxylic acids is 4. The predicted molar refractivity (Wildman–Crippen MR) is 113 cm³/mol. The van der Waals surface area contributed by atoms with Crippen molar-refractivity contribution in [3.05, 3.63) is 44.2 Å². The SMILES string of the molecule is COC(=O)c1sc(NC(=O)COC(=O)COc2ccc(Cl)cc2Cl)c(C(=O)OC)c1C.